The lowest BCUT2D eigenvalue weighted by atomic mass is 10.4. The molecule has 0 spiro atoms. The van der Waals surface area contributed by atoms with Crippen LogP contribution in [0, 0.1) is 10.6 Å². The van der Waals surface area contributed by atoms with Crippen molar-refractivity contribution in [2.24, 2.45) is 0 Å². The Morgan fingerprint density at radius 1 is 1.55 bits per heavy atom. The molecular formula is C7H6IN3. The standard InChI is InChI=1S/C7H6IN3/c1-4-2-5-7(10-4)11-6(8)3-9-5/h2-3H,1H3,(H,10,11). The molecule has 1 N–H and O–H groups in total. The van der Waals surface area contributed by atoms with Gasteiger partial charge in [-0.15, -0.1) is 0 Å². The lowest BCUT2D eigenvalue weighted by molar-refractivity contribution is 1.20. The Morgan fingerprint density at radius 2 is 2.36 bits per heavy atom. The molecule has 2 aromatic heterocycles. The van der Waals surface area contributed by atoms with Crippen LogP contribution in [0.1, 0.15) is 5.69 Å². The third kappa shape index (κ3) is 1.22. The SMILES string of the molecule is Cc1cc2ncc(I)nc2[nH]1. The Bertz CT molecular complexity index is 393. The third-order valence-electron chi connectivity index (χ3n) is 1.44. The fourth-order valence-corrected chi connectivity index (χ4v) is 1.38. The third-order valence-corrected chi connectivity index (χ3v) is 1.96. The van der Waals surface area contributed by atoms with Crippen molar-refractivity contribution in [3.8, 4) is 0 Å². The molecule has 4 heteroatoms. The summed E-state index contributed by atoms with van der Waals surface area (Å²) in [7, 11) is 0. The topological polar surface area (TPSA) is 41.6 Å². The summed E-state index contributed by atoms with van der Waals surface area (Å²) in [6.45, 7) is 2.00. The minimum absolute atomic E-state index is 0.870. The molecule has 0 fully saturated rings. The highest BCUT2D eigenvalue weighted by Gasteiger charge is 1.99. The fraction of sp³-hybridized carbons (Fsp3) is 0.143. The van der Waals surface area contributed by atoms with Crippen molar-refractivity contribution < 1.29 is 0 Å². The van der Waals surface area contributed by atoms with E-state index in [-0.39, 0.29) is 0 Å². The van der Waals surface area contributed by atoms with E-state index in [1.807, 2.05) is 13.0 Å². The number of aryl methyl sites for hydroxylation is 1. The molecule has 0 aromatic carbocycles. The van der Waals surface area contributed by atoms with E-state index >= 15 is 0 Å². The molecule has 0 aliphatic heterocycles. The van der Waals surface area contributed by atoms with Gasteiger partial charge < -0.3 is 4.98 Å². The van der Waals surface area contributed by atoms with Gasteiger partial charge in [0.1, 0.15) is 9.22 Å². The van der Waals surface area contributed by atoms with E-state index in [0.29, 0.717) is 0 Å². The van der Waals surface area contributed by atoms with Gasteiger partial charge in [0.2, 0.25) is 0 Å². The van der Waals surface area contributed by atoms with E-state index in [2.05, 4.69) is 37.5 Å². The van der Waals surface area contributed by atoms with Crippen molar-refractivity contribution in [2.75, 3.05) is 0 Å². The van der Waals surface area contributed by atoms with Gasteiger partial charge in [-0.05, 0) is 35.6 Å². The zero-order valence-electron chi connectivity index (χ0n) is 5.93. The molecule has 0 saturated carbocycles. The molecule has 2 heterocycles. The molecule has 11 heavy (non-hydrogen) atoms. The Balaban J connectivity index is 2.82. The molecule has 0 aliphatic rings. The van der Waals surface area contributed by atoms with Crippen LogP contribution in [0.3, 0.4) is 0 Å². The minimum atomic E-state index is 0.870. The van der Waals surface area contributed by atoms with Gasteiger partial charge in [0, 0.05) is 5.69 Å². The van der Waals surface area contributed by atoms with Gasteiger partial charge >= 0.3 is 0 Å². The second-order valence-electron chi connectivity index (χ2n) is 2.38. The van der Waals surface area contributed by atoms with Crippen molar-refractivity contribution in [1.82, 2.24) is 15.0 Å². The number of nitrogens with zero attached hydrogens (tertiary/aromatic N) is 2. The van der Waals surface area contributed by atoms with Crippen LogP contribution in [-0.2, 0) is 0 Å². The summed E-state index contributed by atoms with van der Waals surface area (Å²) >= 11 is 2.14. The molecule has 0 amide bonds. The summed E-state index contributed by atoms with van der Waals surface area (Å²) in [4.78, 5) is 11.6. The highest BCUT2D eigenvalue weighted by molar-refractivity contribution is 14.1. The first-order chi connectivity index (χ1) is 5.25. The molecule has 0 atom stereocenters. The highest BCUT2D eigenvalue weighted by Crippen LogP contribution is 2.10. The Labute approximate surface area is 77.4 Å². The molecule has 0 radical (unpaired) electrons. The van der Waals surface area contributed by atoms with Crippen molar-refractivity contribution in [1.29, 1.82) is 0 Å². The second kappa shape index (κ2) is 2.44. The number of nitrogens with one attached hydrogen (secondary N) is 1. The van der Waals surface area contributed by atoms with Gasteiger partial charge in [0.15, 0.2) is 5.65 Å². The summed E-state index contributed by atoms with van der Waals surface area (Å²) in [6, 6.07) is 1.98. The van der Waals surface area contributed by atoms with E-state index in [0.717, 1.165) is 20.6 Å². The van der Waals surface area contributed by atoms with Crippen LogP contribution in [0.4, 0.5) is 0 Å². The quantitative estimate of drug-likeness (QED) is 0.734. The van der Waals surface area contributed by atoms with Crippen LogP contribution in [-0.4, -0.2) is 15.0 Å². The van der Waals surface area contributed by atoms with Crippen molar-refractivity contribution >= 4 is 33.8 Å². The number of hydrogen-bond donors (Lipinski definition) is 1. The first-order valence-electron chi connectivity index (χ1n) is 3.23. The number of fused-ring (bicyclic) bond motifs is 1. The Morgan fingerprint density at radius 3 is 3.18 bits per heavy atom. The minimum Gasteiger partial charge on any atom is -0.342 e. The van der Waals surface area contributed by atoms with E-state index in [9.17, 15) is 0 Å². The maximum Gasteiger partial charge on any atom is 0.157 e. The van der Waals surface area contributed by atoms with Gasteiger partial charge in [0.05, 0.1) is 6.20 Å². The Kier molecular flexibility index (Phi) is 1.56. The summed E-state index contributed by atoms with van der Waals surface area (Å²) in [5, 5.41) is 0. The molecule has 0 saturated heterocycles. The van der Waals surface area contributed by atoms with Crippen molar-refractivity contribution in [3.63, 3.8) is 0 Å². The van der Waals surface area contributed by atoms with Crippen LogP contribution in [0.5, 0.6) is 0 Å². The molecule has 3 nitrogen and oxygen atoms in total. The van der Waals surface area contributed by atoms with E-state index in [1.54, 1.807) is 6.20 Å². The monoisotopic (exact) mass is 259 g/mol. The van der Waals surface area contributed by atoms with Crippen LogP contribution >= 0.6 is 22.6 Å². The average Bonchev–Trinajstić information content (AvgIpc) is 2.27. The molecule has 0 bridgehead atoms. The lowest BCUT2D eigenvalue weighted by Crippen LogP contribution is -1.83. The normalized spacial score (nSPS) is 10.7. The lowest BCUT2D eigenvalue weighted by Gasteiger charge is -1.87. The molecule has 2 aromatic rings. The van der Waals surface area contributed by atoms with Crippen LogP contribution in [0.25, 0.3) is 11.2 Å². The predicted octanol–water partition coefficient (Wildman–Crippen LogP) is 1.87. The van der Waals surface area contributed by atoms with Gasteiger partial charge in [-0.2, -0.15) is 0 Å². The predicted molar refractivity (Wildman–Crippen MR) is 51.3 cm³/mol. The number of aromatic nitrogens is 3. The molecule has 2 rings (SSSR count). The zero-order chi connectivity index (χ0) is 7.84. The maximum atomic E-state index is 4.27. The first kappa shape index (κ1) is 7.02. The number of hydrogen-bond acceptors (Lipinski definition) is 2. The molecular weight excluding hydrogens is 253 g/mol. The number of halogens is 1. The summed E-state index contributed by atoms with van der Waals surface area (Å²) in [5.74, 6) is 0. The second-order valence-corrected chi connectivity index (χ2v) is 3.48. The molecule has 56 valence electrons. The highest BCUT2D eigenvalue weighted by atomic mass is 127. The van der Waals surface area contributed by atoms with Crippen LogP contribution in [0.2, 0.25) is 0 Å². The average molecular weight is 259 g/mol. The summed E-state index contributed by atoms with van der Waals surface area (Å²) in [5.41, 5.74) is 2.90. The van der Waals surface area contributed by atoms with Gasteiger partial charge in [0.25, 0.3) is 0 Å². The number of H-pyrrole nitrogens is 1. The van der Waals surface area contributed by atoms with Gasteiger partial charge in [-0.3, -0.25) is 4.98 Å². The largest absolute Gasteiger partial charge is 0.342 e. The van der Waals surface area contributed by atoms with Gasteiger partial charge in [-0.1, -0.05) is 0 Å². The summed E-state index contributed by atoms with van der Waals surface area (Å²) < 4.78 is 0.914. The number of rotatable bonds is 0. The smallest absolute Gasteiger partial charge is 0.157 e. The molecule has 0 unspecified atom stereocenters. The fourth-order valence-electron chi connectivity index (χ4n) is 1.00. The maximum absolute atomic E-state index is 4.27. The number of aromatic amines is 1. The van der Waals surface area contributed by atoms with Gasteiger partial charge in [-0.25, -0.2) is 4.98 Å². The first-order valence-corrected chi connectivity index (χ1v) is 4.31. The van der Waals surface area contributed by atoms with E-state index < -0.39 is 0 Å². The summed E-state index contributed by atoms with van der Waals surface area (Å²) in [6.07, 6.45) is 1.76. The van der Waals surface area contributed by atoms with Crippen molar-refractivity contribution in [2.45, 2.75) is 6.92 Å². The van der Waals surface area contributed by atoms with Crippen LogP contribution in [0.15, 0.2) is 12.3 Å². The van der Waals surface area contributed by atoms with E-state index in [1.165, 1.54) is 0 Å². The van der Waals surface area contributed by atoms with Crippen LogP contribution < -0.4 is 0 Å². The molecule has 0 aliphatic carbocycles. The van der Waals surface area contributed by atoms with E-state index in [4.69, 9.17) is 0 Å². The zero-order valence-corrected chi connectivity index (χ0v) is 8.08. The van der Waals surface area contributed by atoms with Crippen molar-refractivity contribution in [3.05, 3.63) is 21.7 Å². The Hall–Kier alpha value is -0.650.